The summed E-state index contributed by atoms with van der Waals surface area (Å²) in [5, 5.41) is 4.74. The molecule has 6 nitrogen and oxygen atoms in total. The second-order valence-electron chi connectivity index (χ2n) is 5.80. The number of hydrogen-bond acceptors (Lipinski definition) is 7. The fourth-order valence-corrected chi connectivity index (χ4v) is 4.52. The third-order valence-corrected chi connectivity index (χ3v) is 6.52. The topological polar surface area (TPSA) is 81.4 Å². The molecule has 0 fully saturated rings. The van der Waals surface area contributed by atoms with Crippen molar-refractivity contribution >= 4 is 32.7 Å². The maximum absolute atomic E-state index is 13.1. The van der Waals surface area contributed by atoms with Gasteiger partial charge in [0.15, 0.2) is 0 Å². The Balaban J connectivity index is 1.80. The highest BCUT2D eigenvalue weighted by Crippen LogP contribution is 2.35. The van der Waals surface area contributed by atoms with Crippen molar-refractivity contribution < 1.29 is 17.6 Å². The average Bonchev–Trinajstić information content (AvgIpc) is 3.39. The van der Waals surface area contributed by atoms with Crippen LogP contribution in [0.4, 0.5) is 11.6 Å². The number of benzene rings is 2. The number of thiophene rings is 1. The van der Waals surface area contributed by atoms with Gasteiger partial charge in [-0.2, -0.15) is 4.98 Å². The van der Waals surface area contributed by atoms with Gasteiger partial charge in [-0.15, -0.1) is 11.3 Å². The van der Waals surface area contributed by atoms with Gasteiger partial charge in [-0.25, -0.2) is 8.42 Å². The van der Waals surface area contributed by atoms with Crippen molar-refractivity contribution in [1.29, 1.82) is 0 Å². The predicted octanol–water partition coefficient (Wildman–Crippen LogP) is 4.99. The number of aromatic nitrogens is 1. The van der Waals surface area contributed by atoms with E-state index in [1.807, 2.05) is 17.5 Å². The highest BCUT2D eigenvalue weighted by atomic mass is 32.2. The number of hydrogen-bond donors (Lipinski definition) is 1. The number of sulfone groups is 1. The van der Waals surface area contributed by atoms with E-state index in [1.54, 1.807) is 49.6 Å². The van der Waals surface area contributed by atoms with Gasteiger partial charge in [-0.3, -0.25) is 0 Å². The van der Waals surface area contributed by atoms with Crippen molar-refractivity contribution in [1.82, 2.24) is 4.98 Å². The van der Waals surface area contributed by atoms with Crippen molar-refractivity contribution in [2.75, 3.05) is 12.4 Å². The normalized spacial score (nSPS) is 11.3. The Hall–Kier alpha value is -3.10. The molecule has 2 aromatic heterocycles. The molecule has 4 aromatic rings. The quantitative estimate of drug-likeness (QED) is 0.481. The molecule has 0 saturated heterocycles. The molecule has 0 radical (unpaired) electrons. The standard InChI is InChI=1S/C20H16N2O4S2/c1-25-15-11-9-14(10-12-15)21-19-20(22-18(26-19)17-8-5-13-27-17)28(23,24)16-6-3-2-4-7-16/h2-13,21H,1H3. The van der Waals surface area contributed by atoms with Crippen LogP contribution in [0.15, 0.2) is 86.4 Å². The summed E-state index contributed by atoms with van der Waals surface area (Å²) >= 11 is 1.42. The Bertz CT molecular complexity index is 1170. The number of rotatable bonds is 6. The lowest BCUT2D eigenvalue weighted by Crippen LogP contribution is -2.05. The van der Waals surface area contributed by atoms with Gasteiger partial charge in [-0.1, -0.05) is 24.3 Å². The molecule has 0 unspecified atom stereocenters. The van der Waals surface area contributed by atoms with E-state index in [0.717, 1.165) is 4.88 Å². The molecule has 0 aliphatic rings. The van der Waals surface area contributed by atoms with Crippen LogP contribution in [-0.2, 0) is 9.84 Å². The minimum atomic E-state index is -3.86. The third kappa shape index (κ3) is 3.51. The Kier molecular flexibility index (Phi) is 4.89. The number of oxazole rings is 1. The minimum Gasteiger partial charge on any atom is -0.497 e. The zero-order chi connectivity index (χ0) is 19.6. The van der Waals surface area contributed by atoms with Crippen LogP contribution in [0, 0.1) is 0 Å². The van der Waals surface area contributed by atoms with Crippen LogP contribution in [0.5, 0.6) is 5.75 Å². The molecule has 1 N–H and O–H groups in total. The number of nitrogens with zero attached hydrogens (tertiary/aromatic N) is 1. The Morgan fingerprint density at radius 1 is 1.00 bits per heavy atom. The molecule has 28 heavy (non-hydrogen) atoms. The van der Waals surface area contributed by atoms with E-state index in [4.69, 9.17) is 9.15 Å². The summed E-state index contributed by atoms with van der Waals surface area (Å²) in [7, 11) is -2.28. The van der Waals surface area contributed by atoms with Gasteiger partial charge in [0.25, 0.3) is 0 Å². The minimum absolute atomic E-state index is 0.0671. The first kappa shape index (κ1) is 18.3. The van der Waals surface area contributed by atoms with Crippen LogP contribution in [0.3, 0.4) is 0 Å². The highest BCUT2D eigenvalue weighted by Gasteiger charge is 2.28. The molecule has 0 aliphatic carbocycles. The fourth-order valence-electron chi connectivity index (χ4n) is 2.59. The van der Waals surface area contributed by atoms with Crippen molar-refractivity contribution in [3.05, 3.63) is 72.1 Å². The fraction of sp³-hybridized carbons (Fsp3) is 0.0500. The zero-order valence-corrected chi connectivity index (χ0v) is 16.5. The van der Waals surface area contributed by atoms with E-state index in [9.17, 15) is 8.42 Å². The van der Waals surface area contributed by atoms with E-state index < -0.39 is 9.84 Å². The van der Waals surface area contributed by atoms with Gasteiger partial charge >= 0.3 is 0 Å². The molecule has 2 heterocycles. The lowest BCUT2D eigenvalue weighted by Gasteiger charge is -2.07. The van der Waals surface area contributed by atoms with Crippen molar-refractivity contribution in [3.63, 3.8) is 0 Å². The molecule has 142 valence electrons. The molecule has 0 spiro atoms. The first-order chi connectivity index (χ1) is 13.6. The monoisotopic (exact) mass is 412 g/mol. The largest absolute Gasteiger partial charge is 0.497 e. The summed E-state index contributed by atoms with van der Waals surface area (Å²) in [6.45, 7) is 0. The van der Waals surface area contributed by atoms with Crippen LogP contribution in [0.2, 0.25) is 0 Å². The van der Waals surface area contributed by atoms with Gasteiger partial charge in [0.2, 0.25) is 26.6 Å². The van der Waals surface area contributed by atoms with Crippen molar-refractivity contribution in [3.8, 4) is 16.5 Å². The zero-order valence-electron chi connectivity index (χ0n) is 14.8. The van der Waals surface area contributed by atoms with E-state index in [2.05, 4.69) is 10.3 Å². The summed E-state index contributed by atoms with van der Waals surface area (Å²) in [5.41, 5.74) is 0.652. The first-order valence-corrected chi connectivity index (χ1v) is 10.7. The lowest BCUT2D eigenvalue weighted by atomic mass is 10.3. The molecule has 8 heteroatoms. The van der Waals surface area contributed by atoms with Crippen LogP contribution < -0.4 is 10.1 Å². The van der Waals surface area contributed by atoms with Crippen LogP contribution in [0.25, 0.3) is 10.8 Å². The Morgan fingerprint density at radius 3 is 2.39 bits per heavy atom. The summed E-state index contributed by atoms with van der Waals surface area (Å²) < 4.78 is 37.3. The molecule has 2 aromatic carbocycles. The number of methoxy groups -OCH3 is 1. The molecular weight excluding hydrogens is 396 g/mol. The van der Waals surface area contributed by atoms with Crippen LogP contribution in [0.1, 0.15) is 0 Å². The van der Waals surface area contributed by atoms with Crippen molar-refractivity contribution in [2.24, 2.45) is 0 Å². The molecule has 0 atom stereocenters. The van der Waals surface area contributed by atoms with Gasteiger partial charge in [0.1, 0.15) is 5.75 Å². The summed E-state index contributed by atoms with van der Waals surface area (Å²) in [6.07, 6.45) is 0. The number of nitrogens with one attached hydrogen (secondary N) is 1. The highest BCUT2D eigenvalue weighted by molar-refractivity contribution is 7.91. The van der Waals surface area contributed by atoms with E-state index in [0.29, 0.717) is 11.4 Å². The Labute approximate surface area is 166 Å². The second-order valence-corrected chi connectivity index (χ2v) is 8.61. The van der Waals surface area contributed by atoms with Gasteiger partial charge < -0.3 is 14.5 Å². The van der Waals surface area contributed by atoms with E-state index >= 15 is 0 Å². The molecule has 0 saturated carbocycles. The summed E-state index contributed by atoms with van der Waals surface area (Å²) in [6, 6.07) is 18.9. The number of ether oxygens (including phenoxy) is 1. The van der Waals surface area contributed by atoms with E-state index in [1.165, 1.54) is 23.5 Å². The first-order valence-electron chi connectivity index (χ1n) is 8.34. The van der Waals surface area contributed by atoms with E-state index in [-0.39, 0.29) is 21.7 Å². The molecule has 0 aliphatic heterocycles. The molecule has 0 bridgehead atoms. The van der Waals surface area contributed by atoms with Crippen molar-refractivity contribution in [2.45, 2.75) is 9.92 Å². The molecule has 0 amide bonds. The van der Waals surface area contributed by atoms with Gasteiger partial charge in [-0.05, 0) is 47.8 Å². The smallest absolute Gasteiger partial charge is 0.240 e. The second kappa shape index (κ2) is 7.49. The number of anilines is 2. The molecule has 4 rings (SSSR count). The summed E-state index contributed by atoms with van der Waals surface area (Å²) in [5.74, 6) is 1.01. The summed E-state index contributed by atoms with van der Waals surface area (Å²) in [4.78, 5) is 5.19. The average molecular weight is 412 g/mol. The predicted molar refractivity (Wildman–Crippen MR) is 108 cm³/mol. The lowest BCUT2D eigenvalue weighted by molar-refractivity contribution is 0.415. The Morgan fingerprint density at radius 2 is 1.75 bits per heavy atom. The maximum atomic E-state index is 13.1. The SMILES string of the molecule is COc1ccc(Nc2oc(-c3cccs3)nc2S(=O)(=O)c2ccccc2)cc1. The van der Waals surface area contributed by atoms with Crippen LogP contribution in [-0.4, -0.2) is 20.5 Å². The third-order valence-electron chi connectivity index (χ3n) is 3.98. The van der Waals surface area contributed by atoms with Gasteiger partial charge in [0, 0.05) is 5.69 Å². The van der Waals surface area contributed by atoms with Gasteiger partial charge in [0.05, 0.1) is 16.9 Å². The molecular formula is C20H16N2O4S2. The maximum Gasteiger partial charge on any atom is 0.240 e. The van der Waals surface area contributed by atoms with Crippen LogP contribution >= 0.6 is 11.3 Å².